The van der Waals surface area contributed by atoms with Crippen LogP contribution in [0.2, 0.25) is 0 Å². The van der Waals surface area contributed by atoms with Crippen LogP contribution >= 0.6 is 15.8 Å². The Labute approximate surface area is 321 Å². The molecular weight excluding hydrogens is 694 g/mol. The first kappa shape index (κ1) is 35.8. The molecule has 0 aliphatic rings. The van der Waals surface area contributed by atoms with Crippen LogP contribution < -0.4 is 41.3 Å². The lowest BCUT2D eigenvalue weighted by Crippen LogP contribution is -2.26. The average molecular weight is 739 g/mol. The standard InChI is InChI=1S/C50H44O2P2/c1-3-33-51-39-29-25-37-27-31-47(53(41-17-9-5-10-18-41)42-19-11-6-12-20-42)49(45(37)35-39)50-46-36-40(52-34-4-2)30-26-38(46)28-32-48(50)54(43-21-13-7-14-22-43)44-23-15-8-16-24-44/h5-32,35-36H,3-4,33-34H2,1-2H3. The molecule has 0 N–H and O–H groups in total. The van der Waals surface area contributed by atoms with E-state index in [4.69, 9.17) is 9.47 Å². The molecule has 0 heterocycles. The van der Waals surface area contributed by atoms with Crippen LogP contribution in [-0.4, -0.2) is 13.2 Å². The monoisotopic (exact) mass is 738 g/mol. The van der Waals surface area contributed by atoms with Crippen molar-refractivity contribution < 1.29 is 9.47 Å². The Morgan fingerprint density at radius 2 is 0.685 bits per heavy atom. The van der Waals surface area contributed by atoms with Crippen molar-refractivity contribution >= 4 is 69.2 Å². The molecule has 0 saturated carbocycles. The summed E-state index contributed by atoms with van der Waals surface area (Å²) in [6, 6.07) is 67.0. The van der Waals surface area contributed by atoms with Crippen LogP contribution in [0.15, 0.2) is 182 Å². The van der Waals surface area contributed by atoms with Crippen molar-refractivity contribution in [2.45, 2.75) is 26.7 Å². The lowest BCUT2D eigenvalue weighted by molar-refractivity contribution is 0.317. The summed E-state index contributed by atoms with van der Waals surface area (Å²) in [5.41, 5.74) is 2.53. The topological polar surface area (TPSA) is 18.5 Å². The summed E-state index contributed by atoms with van der Waals surface area (Å²) < 4.78 is 12.8. The van der Waals surface area contributed by atoms with Crippen molar-refractivity contribution in [3.63, 3.8) is 0 Å². The molecule has 0 aliphatic heterocycles. The molecule has 0 atom stereocenters. The number of hydrogen-bond acceptors (Lipinski definition) is 2. The van der Waals surface area contributed by atoms with E-state index in [2.05, 4.69) is 196 Å². The molecule has 0 amide bonds. The van der Waals surface area contributed by atoms with E-state index >= 15 is 0 Å². The van der Waals surface area contributed by atoms with Gasteiger partial charge in [-0.1, -0.05) is 172 Å². The molecule has 4 heteroatoms. The van der Waals surface area contributed by atoms with E-state index in [1.807, 2.05) is 0 Å². The molecule has 0 fully saturated rings. The van der Waals surface area contributed by atoms with Crippen LogP contribution in [0.25, 0.3) is 32.7 Å². The number of benzene rings is 8. The molecular formula is C50H44O2P2. The Balaban J connectivity index is 1.55. The van der Waals surface area contributed by atoms with Crippen molar-refractivity contribution in [1.29, 1.82) is 0 Å². The van der Waals surface area contributed by atoms with Gasteiger partial charge < -0.3 is 9.47 Å². The van der Waals surface area contributed by atoms with Gasteiger partial charge >= 0.3 is 0 Å². The van der Waals surface area contributed by atoms with Crippen LogP contribution in [-0.2, 0) is 0 Å². The molecule has 0 saturated heterocycles. The number of rotatable bonds is 13. The molecule has 8 aromatic carbocycles. The van der Waals surface area contributed by atoms with E-state index in [0.717, 1.165) is 24.3 Å². The maximum atomic E-state index is 6.38. The largest absolute Gasteiger partial charge is 0.494 e. The molecule has 2 nitrogen and oxygen atoms in total. The first-order valence-corrected chi connectivity index (χ1v) is 21.6. The summed E-state index contributed by atoms with van der Waals surface area (Å²) in [5.74, 6) is 1.79. The highest BCUT2D eigenvalue weighted by molar-refractivity contribution is 7.80. The lowest BCUT2D eigenvalue weighted by Gasteiger charge is -2.28. The van der Waals surface area contributed by atoms with E-state index in [1.54, 1.807) is 0 Å². The fourth-order valence-corrected chi connectivity index (χ4v) is 12.2. The van der Waals surface area contributed by atoms with Crippen LogP contribution in [0.3, 0.4) is 0 Å². The van der Waals surface area contributed by atoms with Gasteiger partial charge in [0, 0.05) is 0 Å². The van der Waals surface area contributed by atoms with Gasteiger partial charge in [0.2, 0.25) is 0 Å². The van der Waals surface area contributed by atoms with Crippen molar-refractivity contribution in [3.8, 4) is 22.6 Å². The normalized spacial score (nSPS) is 11.4. The van der Waals surface area contributed by atoms with Crippen LogP contribution in [0.4, 0.5) is 0 Å². The van der Waals surface area contributed by atoms with Crippen molar-refractivity contribution in [1.82, 2.24) is 0 Å². The molecule has 0 spiro atoms. The maximum Gasteiger partial charge on any atom is 0.119 e. The maximum absolute atomic E-state index is 6.38. The third kappa shape index (κ3) is 7.43. The second-order valence-corrected chi connectivity index (χ2v) is 17.8. The summed E-state index contributed by atoms with van der Waals surface area (Å²) in [5, 5.41) is 12.7. The summed E-state index contributed by atoms with van der Waals surface area (Å²) in [6.07, 6.45) is 1.90. The minimum atomic E-state index is -0.962. The van der Waals surface area contributed by atoms with E-state index in [-0.39, 0.29) is 0 Å². The number of ether oxygens (including phenoxy) is 2. The van der Waals surface area contributed by atoms with Gasteiger partial charge in [-0.2, -0.15) is 0 Å². The Hall–Kier alpha value is -5.26. The molecule has 0 aromatic heterocycles. The first-order chi connectivity index (χ1) is 26.7. The van der Waals surface area contributed by atoms with Crippen LogP contribution in [0.1, 0.15) is 26.7 Å². The summed E-state index contributed by atoms with van der Waals surface area (Å²) in [6.45, 7) is 5.67. The average Bonchev–Trinajstić information content (AvgIpc) is 3.24. The Kier molecular flexibility index (Phi) is 11.1. The van der Waals surface area contributed by atoms with Crippen LogP contribution in [0.5, 0.6) is 11.5 Å². The van der Waals surface area contributed by atoms with Gasteiger partial charge in [0.1, 0.15) is 11.5 Å². The fraction of sp³-hybridized carbons (Fsp3) is 0.120. The SMILES string of the molecule is CCCOc1ccc2ccc(P(c3ccccc3)c3ccccc3)c(-c3c(P(c4ccccc4)c4ccccc4)ccc4ccc(OCCC)cc34)c2c1. The van der Waals surface area contributed by atoms with Crippen molar-refractivity contribution in [3.05, 3.63) is 182 Å². The molecule has 0 radical (unpaired) electrons. The zero-order chi connectivity index (χ0) is 36.7. The minimum absolute atomic E-state index is 0.673. The summed E-state index contributed by atoms with van der Waals surface area (Å²) in [7, 11) is -1.92. The lowest BCUT2D eigenvalue weighted by atomic mass is 9.93. The van der Waals surface area contributed by atoms with Gasteiger partial charge in [0.15, 0.2) is 0 Å². The van der Waals surface area contributed by atoms with Crippen molar-refractivity contribution in [2.75, 3.05) is 13.2 Å². The molecule has 54 heavy (non-hydrogen) atoms. The number of hydrogen-bond donors (Lipinski definition) is 0. The second kappa shape index (κ2) is 16.8. The summed E-state index contributed by atoms with van der Waals surface area (Å²) in [4.78, 5) is 0. The van der Waals surface area contributed by atoms with Gasteiger partial charge in [-0.25, -0.2) is 0 Å². The van der Waals surface area contributed by atoms with Gasteiger partial charge in [0.25, 0.3) is 0 Å². The smallest absolute Gasteiger partial charge is 0.119 e. The van der Waals surface area contributed by atoms with E-state index in [0.29, 0.717) is 13.2 Å². The second-order valence-electron chi connectivity index (χ2n) is 13.4. The highest BCUT2D eigenvalue weighted by atomic mass is 31.1. The molecule has 0 unspecified atom stereocenters. The van der Waals surface area contributed by atoms with E-state index in [1.165, 1.54) is 64.5 Å². The van der Waals surface area contributed by atoms with Crippen molar-refractivity contribution in [2.24, 2.45) is 0 Å². The van der Waals surface area contributed by atoms with Crippen LogP contribution in [0, 0.1) is 0 Å². The van der Waals surface area contributed by atoms with Gasteiger partial charge in [-0.15, -0.1) is 0 Å². The highest BCUT2D eigenvalue weighted by Gasteiger charge is 2.28. The van der Waals surface area contributed by atoms with E-state index in [9.17, 15) is 0 Å². The number of fused-ring (bicyclic) bond motifs is 2. The van der Waals surface area contributed by atoms with Gasteiger partial charge in [0.05, 0.1) is 13.2 Å². The molecule has 8 rings (SSSR count). The predicted molar refractivity (Wildman–Crippen MR) is 236 cm³/mol. The fourth-order valence-electron chi connectivity index (χ4n) is 7.25. The Morgan fingerprint density at radius 1 is 0.370 bits per heavy atom. The van der Waals surface area contributed by atoms with E-state index < -0.39 is 15.8 Å². The Bertz CT molecular complexity index is 2210. The summed E-state index contributed by atoms with van der Waals surface area (Å²) >= 11 is 0. The molecule has 0 bridgehead atoms. The molecule has 8 aromatic rings. The highest BCUT2D eigenvalue weighted by Crippen LogP contribution is 2.46. The third-order valence-electron chi connectivity index (χ3n) is 9.68. The zero-order valence-electron chi connectivity index (χ0n) is 30.9. The molecule has 0 aliphatic carbocycles. The third-order valence-corrected chi connectivity index (χ3v) is 14.6. The quantitative estimate of drug-likeness (QED) is 0.110. The molecule has 266 valence electrons. The predicted octanol–water partition coefficient (Wildman–Crippen LogP) is 10.8. The Morgan fingerprint density at radius 3 is 1.00 bits per heavy atom. The zero-order valence-corrected chi connectivity index (χ0v) is 32.6. The minimum Gasteiger partial charge on any atom is -0.494 e. The van der Waals surface area contributed by atoms with Gasteiger partial charge in [-0.05, 0) is 117 Å². The van der Waals surface area contributed by atoms with Gasteiger partial charge in [-0.3, -0.25) is 0 Å². The first-order valence-electron chi connectivity index (χ1n) is 18.9.